The first-order chi connectivity index (χ1) is 9.34. The number of thioether (sulfide) groups is 1. The molecule has 1 aromatic rings. The van der Waals surface area contributed by atoms with E-state index < -0.39 is 11.6 Å². The highest BCUT2D eigenvalue weighted by Gasteiger charge is 2.17. The molecule has 0 spiro atoms. The Morgan fingerprint density at radius 1 is 1.35 bits per heavy atom. The molecule has 0 saturated carbocycles. The molecular weight excluding hydrogens is 284 g/mol. The molecule has 0 heterocycles. The highest BCUT2D eigenvalue weighted by Crippen LogP contribution is 2.21. The number of rotatable bonds is 7. The number of amides is 1. The molecule has 112 valence electrons. The van der Waals surface area contributed by atoms with E-state index in [9.17, 15) is 13.6 Å². The van der Waals surface area contributed by atoms with Gasteiger partial charge >= 0.3 is 0 Å². The fourth-order valence-electron chi connectivity index (χ4n) is 1.31. The van der Waals surface area contributed by atoms with Crippen LogP contribution in [0.15, 0.2) is 23.1 Å². The van der Waals surface area contributed by atoms with Gasteiger partial charge in [0.25, 0.3) is 0 Å². The van der Waals surface area contributed by atoms with Gasteiger partial charge in [-0.05, 0) is 18.2 Å². The van der Waals surface area contributed by atoms with Crippen molar-refractivity contribution in [2.24, 2.45) is 5.41 Å². The number of aliphatic hydroxyl groups is 1. The Bertz CT molecular complexity index is 466. The Morgan fingerprint density at radius 2 is 2.05 bits per heavy atom. The van der Waals surface area contributed by atoms with Gasteiger partial charge in [0.2, 0.25) is 5.91 Å². The molecule has 3 nitrogen and oxygen atoms in total. The maximum Gasteiger partial charge on any atom is 0.220 e. The van der Waals surface area contributed by atoms with E-state index in [1.54, 1.807) is 0 Å². The minimum Gasteiger partial charge on any atom is -0.396 e. The Kier molecular flexibility index (Phi) is 6.42. The fraction of sp³-hybridized carbons (Fsp3) is 0.500. The predicted octanol–water partition coefficient (Wildman–Crippen LogP) is 2.58. The standard InChI is InChI=1S/C14H19F2NO2S/c1-14(2,9-18)8-17-13(19)5-6-20-10-3-4-11(15)12(16)7-10/h3-4,7,18H,5-6,8-9H2,1-2H3,(H,17,19). The summed E-state index contributed by atoms with van der Waals surface area (Å²) in [5, 5.41) is 11.8. The van der Waals surface area contributed by atoms with Gasteiger partial charge in [0.1, 0.15) is 0 Å². The summed E-state index contributed by atoms with van der Waals surface area (Å²) in [5.74, 6) is -1.40. The van der Waals surface area contributed by atoms with Gasteiger partial charge in [-0.25, -0.2) is 8.78 Å². The van der Waals surface area contributed by atoms with Crippen LogP contribution in [-0.2, 0) is 4.79 Å². The minimum atomic E-state index is -0.885. The third-order valence-electron chi connectivity index (χ3n) is 2.68. The van der Waals surface area contributed by atoms with Crippen molar-refractivity contribution in [3.63, 3.8) is 0 Å². The van der Waals surface area contributed by atoms with Crippen LogP contribution in [0.4, 0.5) is 8.78 Å². The van der Waals surface area contributed by atoms with E-state index in [1.807, 2.05) is 13.8 Å². The van der Waals surface area contributed by atoms with Gasteiger partial charge < -0.3 is 10.4 Å². The molecule has 0 aliphatic heterocycles. The maximum atomic E-state index is 13.0. The Balaban J connectivity index is 2.30. The van der Waals surface area contributed by atoms with Gasteiger partial charge in [0.15, 0.2) is 11.6 Å². The zero-order valence-electron chi connectivity index (χ0n) is 11.6. The van der Waals surface area contributed by atoms with E-state index in [1.165, 1.54) is 17.8 Å². The van der Waals surface area contributed by atoms with Crippen molar-refractivity contribution < 1.29 is 18.7 Å². The second kappa shape index (κ2) is 7.59. The number of benzene rings is 1. The highest BCUT2D eigenvalue weighted by atomic mass is 32.2. The summed E-state index contributed by atoms with van der Waals surface area (Å²) in [6.07, 6.45) is 0.283. The SMILES string of the molecule is CC(C)(CO)CNC(=O)CCSc1ccc(F)c(F)c1. The van der Waals surface area contributed by atoms with Crippen LogP contribution in [0.5, 0.6) is 0 Å². The summed E-state index contributed by atoms with van der Waals surface area (Å²) in [7, 11) is 0. The van der Waals surface area contributed by atoms with Crippen molar-refractivity contribution in [3.05, 3.63) is 29.8 Å². The van der Waals surface area contributed by atoms with E-state index in [2.05, 4.69) is 5.32 Å². The summed E-state index contributed by atoms with van der Waals surface area (Å²) in [5.41, 5.74) is -0.344. The van der Waals surface area contributed by atoms with Crippen molar-refractivity contribution >= 4 is 17.7 Å². The van der Waals surface area contributed by atoms with Crippen LogP contribution in [0.2, 0.25) is 0 Å². The van der Waals surface area contributed by atoms with Crippen LogP contribution in [0.3, 0.4) is 0 Å². The third kappa shape index (κ3) is 5.88. The van der Waals surface area contributed by atoms with Gasteiger partial charge in [0, 0.05) is 35.6 Å². The lowest BCUT2D eigenvalue weighted by atomic mass is 9.95. The minimum absolute atomic E-state index is 0.00309. The van der Waals surface area contributed by atoms with Crippen LogP contribution in [0.1, 0.15) is 20.3 Å². The molecule has 0 aliphatic rings. The summed E-state index contributed by atoms with van der Waals surface area (Å²) in [6.45, 7) is 4.10. The summed E-state index contributed by atoms with van der Waals surface area (Å²) in [4.78, 5) is 12.2. The van der Waals surface area contributed by atoms with E-state index in [0.717, 1.165) is 12.1 Å². The zero-order valence-corrected chi connectivity index (χ0v) is 12.4. The fourth-order valence-corrected chi connectivity index (χ4v) is 2.18. The third-order valence-corrected chi connectivity index (χ3v) is 3.68. The molecule has 0 radical (unpaired) electrons. The molecule has 6 heteroatoms. The molecule has 0 saturated heterocycles. The normalized spacial score (nSPS) is 11.4. The largest absolute Gasteiger partial charge is 0.396 e. The molecule has 2 N–H and O–H groups in total. The van der Waals surface area contributed by atoms with E-state index in [4.69, 9.17) is 5.11 Å². The molecule has 20 heavy (non-hydrogen) atoms. The Morgan fingerprint density at radius 3 is 2.65 bits per heavy atom. The topological polar surface area (TPSA) is 49.3 Å². The van der Waals surface area contributed by atoms with Gasteiger partial charge in [-0.15, -0.1) is 11.8 Å². The molecular formula is C14H19F2NO2S. The second-order valence-electron chi connectivity index (χ2n) is 5.27. The van der Waals surface area contributed by atoms with Crippen LogP contribution in [0.25, 0.3) is 0 Å². The molecule has 1 rings (SSSR count). The van der Waals surface area contributed by atoms with Crippen LogP contribution in [0, 0.1) is 17.0 Å². The predicted molar refractivity (Wildman–Crippen MR) is 75.6 cm³/mol. The van der Waals surface area contributed by atoms with Crippen LogP contribution >= 0.6 is 11.8 Å². The quantitative estimate of drug-likeness (QED) is 0.761. The molecule has 1 aromatic carbocycles. The number of carbonyl (C=O) groups is 1. The van der Waals surface area contributed by atoms with E-state index in [0.29, 0.717) is 17.2 Å². The van der Waals surface area contributed by atoms with Gasteiger partial charge in [-0.2, -0.15) is 0 Å². The number of hydrogen-bond donors (Lipinski definition) is 2. The molecule has 0 atom stereocenters. The van der Waals surface area contributed by atoms with Gasteiger partial charge in [-0.1, -0.05) is 13.8 Å². The van der Waals surface area contributed by atoms with E-state index >= 15 is 0 Å². The monoisotopic (exact) mass is 303 g/mol. The first-order valence-electron chi connectivity index (χ1n) is 6.29. The van der Waals surface area contributed by atoms with Crippen molar-refractivity contribution in [1.29, 1.82) is 0 Å². The molecule has 0 aliphatic carbocycles. The average molecular weight is 303 g/mol. The smallest absolute Gasteiger partial charge is 0.220 e. The lowest BCUT2D eigenvalue weighted by Crippen LogP contribution is -2.36. The zero-order chi connectivity index (χ0) is 15.2. The summed E-state index contributed by atoms with van der Waals surface area (Å²) in [6, 6.07) is 3.67. The molecule has 0 bridgehead atoms. The lowest BCUT2D eigenvalue weighted by molar-refractivity contribution is -0.121. The Labute approximate surface area is 121 Å². The van der Waals surface area contributed by atoms with Crippen LogP contribution < -0.4 is 5.32 Å². The highest BCUT2D eigenvalue weighted by molar-refractivity contribution is 7.99. The number of halogens is 2. The number of carbonyl (C=O) groups excluding carboxylic acids is 1. The first kappa shape index (κ1) is 16.9. The lowest BCUT2D eigenvalue weighted by Gasteiger charge is -2.21. The number of aliphatic hydroxyl groups excluding tert-OH is 1. The summed E-state index contributed by atoms with van der Waals surface area (Å²) >= 11 is 1.29. The van der Waals surface area contributed by atoms with Crippen LogP contribution in [-0.4, -0.2) is 29.9 Å². The van der Waals surface area contributed by atoms with Crippen molar-refractivity contribution in [3.8, 4) is 0 Å². The van der Waals surface area contributed by atoms with Gasteiger partial charge in [-0.3, -0.25) is 4.79 Å². The summed E-state index contributed by atoms with van der Waals surface area (Å²) < 4.78 is 25.7. The van der Waals surface area contributed by atoms with Crippen molar-refractivity contribution in [2.45, 2.75) is 25.2 Å². The van der Waals surface area contributed by atoms with Crippen molar-refractivity contribution in [1.82, 2.24) is 5.32 Å². The molecule has 0 fully saturated rings. The van der Waals surface area contributed by atoms with Gasteiger partial charge in [0.05, 0.1) is 0 Å². The Hall–Kier alpha value is -1.14. The molecule has 0 unspecified atom stereocenters. The number of nitrogens with one attached hydrogen (secondary N) is 1. The van der Waals surface area contributed by atoms with Crippen molar-refractivity contribution in [2.75, 3.05) is 18.9 Å². The van der Waals surface area contributed by atoms with E-state index in [-0.39, 0.29) is 24.3 Å². The average Bonchev–Trinajstić information content (AvgIpc) is 2.41. The second-order valence-corrected chi connectivity index (χ2v) is 6.44. The first-order valence-corrected chi connectivity index (χ1v) is 7.28. The molecule has 0 aromatic heterocycles. The number of hydrogen-bond acceptors (Lipinski definition) is 3. The maximum absolute atomic E-state index is 13.0. The molecule has 1 amide bonds.